The second kappa shape index (κ2) is 5.82. The normalized spacial score (nSPS) is 18.7. The zero-order valence-electron chi connectivity index (χ0n) is 10.2. The van der Waals surface area contributed by atoms with Gasteiger partial charge in [-0.05, 0) is 18.6 Å². The van der Waals surface area contributed by atoms with E-state index in [0.717, 1.165) is 17.2 Å². The number of anilines is 1. The number of carbonyl (C=O) groups excluding carboxylic acids is 1. The van der Waals surface area contributed by atoms with Gasteiger partial charge >= 0.3 is 0 Å². The highest BCUT2D eigenvalue weighted by atomic mass is 35.5. The Bertz CT molecular complexity index is 462. The molecule has 0 spiro atoms. The maximum atomic E-state index is 12.0. The van der Waals surface area contributed by atoms with E-state index >= 15 is 0 Å². The summed E-state index contributed by atoms with van der Waals surface area (Å²) in [5.41, 5.74) is 1.56. The lowest BCUT2D eigenvalue weighted by Crippen LogP contribution is -2.37. The van der Waals surface area contributed by atoms with Crippen molar-refractivity contribution in [2.45, 2.75) is 13.0 Å². The van der Waals surface area contributed by atoms with Crippen molar-refractivity contribution in [2.24, 2.45) is 0 Å². The van der Waals surface area contributed by atoms with Crippen molar-refractivity contribution < 1.29 is 9.53 Å². The standard InChI is InChI=1S/C12H15ClN2O2S/c1-7-3-9(11(17-2)4-8(7)13)15-12(16)10-5-18-6-14-10/h3-4,10,14H,5-6H2,1-2H3,(H,15,16). The molecule has 1 aliphatic heterocycles. The lowest BCUT2D eigenvalue weighted by molar-refractivity contribution is -0.117. The van der Waals surface area contributed by atoms with Gasteiger partial charge in [0.2, 0.25) is 5.91 Å². The zero-order valence-corrected chi connectivity index (χ0v) is 11.8. The van der Waals surface area contributed by atoms with Crippen LogP contribution in [0, 0.1) is 6.92 Å². The Morgan fingerprint density at radius 2 is 2.39 bits per heavy atom. The van der Waals surface area contributed by atoms with Crippen LogP contribution in [0.5, 0.6) is 5.75 Å². The van der Waals surface area contributed by atoms with Crippen LogP contribution in [-0.4, -0.2) is 30.7 Å². The van der Waals surface area contributed by atoms with E-state index in [9.17, 15) is 4.79 Å². The fourth-order valence-electron chi connectivity index (χ4n) is 1.71. The van der Waals surface area contributed by atoms with Gasteiger partial charge < -0.3 is 10.1 Å². The first kappa shape index (κ1) is 13.5. The molecule has 6 heteroatoms. The fourth-order valence-corrected chi connectivity index (χ4v) is 2.81. The van der Waals surface area contributed by atoms with Crippen molar-refractivity contribution in [3.05, 3.63) is 22.7 Å². The summed E-state index contributed by atoms with van der Waals surface area (Å²) in [6.45, 7) is 1.89. The number of hydrogen-bond donors (Lipinski definition) is 2. The van der Waals surface area contributed by atoms with E-state index in [4.69, 9.17) is 16.3 Å². The largest absolute Gasteiger partial charge is 0.495 e. The number of halogens is 1. The molecule has 1 amide bonds. The van der Waals surface area contributed by atoms with Crippen LogP contribution in [0.3, 0.4) is 0 Å². The summed E-state index contributed by atoms with van der Waals surface area (Å²) in [7, 11) is 1.56. The molecule has 1 heterocycles. The van der Waals surface area contributed by atoms with Gasteiger partial charge in [-0.2, -0.15) is 0 Å². The second-order valence-corrected chi connectivity index (χ2v) is 5.50. The molecule has 0 aromatic heterocycles. The molecule has 0 bridgehead atoms. The van der Waals surface area contributed by atoms with Gasteiger partial charge in [0.25, 0.3) is 0 Å². The van der Waals surface area contributed by atoms with Crippen molar-refractivity contribution in [2.75, 3.05) is 24.1 Å². The maximum absolute atomic E-state index is 12.0. The monoisotopic (exact) mass is 286 g/mol. The molecule has 1 aromatic carbocycles. The molecule has 4 nitrogen and oxygen atoms in total. The Hall–Kier alpha value is -0.910. The first-order chi connectivity index (χ1) is 8.61. The Morgan fingerprint density at radius 3 is 3.00 bits per heavy atom. The van der Waals surface area contributed by atoms with Crippen molar-refractivity contribution >= 4 is 35.0 Å². The molecule has 1 atom stereocenters. The van der Waals surface area contributed by atoms with Crippen LogP contribution < -0.4 is 15.4 Å². The van der Waals surface area contributed by atoms with E-state index in [2.05, 4.69) is 10.6 Å². The van der Waals surface area contributed by atoms with Crippen LogP contribution in [0.2, 0.25) is 5.02 Å². The Kier molecular flexibility index (Phi) is 4.37. The lowest BCUT2D eigenvalue weighted by atomic mass is 10.2. The van der Waals surface area contributed by atoms with Gasteiger partial charge in [0.15, 0.2) is 0 Å². The number of carbonyl (C=O) groups is 1. The average molecular weight is 287 g/mol. The zero-order chi connectivity index (χ0) is 13.1. The SMILES string of the molecule is COc1cc(Cl)c(C)cc1NC(=O)C1CSCN1. The van der Waals surface area contributed by atoms with Gasteiger partial charge in [-0.15, -0.1) is 11.8 Å². The highest BCUT2D eigenvalue weighted by Gasteiger charge is 2.23. The van der Waals surface area contributed by atoms with Crippen molar-refractivity contribution in [3.63, 3.8) is 0 Å². The van der Waals surface area contributed by atoms with Gasteiger partial charge in [-0.25, -0.2) is 0 Å². The second-order valence-electron chi connectivity index (χ2n) is 4.06. The molecule has 1 saturated heterocycles. The van der Waals surface area contributed by atoms with Crippen LogP contribution in [0.1, 0.15) is 5.56 Å². The number of ether oxygens (including phenoxy) is 1. The molecular weight excluding hydrogens is 272 g/mol. The third-order valence-electron chi connectivity index (χ3n) is 2.77. The van der Waals surface area contributed by atoms with Crippen LogP contribution in [-0.2, 0) is 4.79 Å². The molecule has 18 heavy (non-hydrogen) atoms. The van der Waals surface area contributed by atoms with Gasteiger partial charge in [-0.1, -0.05) is 11.6 Å². The summed E-state index contributed by atoms with van der Waals surface area (Å²) in [5, 5.41) is 6.62. The molecular formula is C12H15ClN2O2S. The summed E-state index contributed by atoms with van der Waals surface area (Å²) < 4.78 is 5.22. The summed E-state index contributed by atoms with van der Waals surface area (Å²) in [6.07, 6.45) is 0. The summed E-state index contributed by atoms with van der Waals surface area (Å²) >= 11 is 7.73. The predicted octanol–water partition coefficient (Wildman–Crippen LogP) is 2.26. The Morgan fingerprint density at radius 1 is 1.61 bits per heavy atom. The van der Waals surface area contributed by atoms with Crippen LogP contribution in [0.4, 0.5) is 5.69 Å². The fraction of sp³-hybridized carbons (Fsp3) is 0.417. The number of hydrogen-bond acceptors (Lipinski definition) is 4. The van der Waals surface area contributed by atoms with E-state index in [1.165, 1.54) is 0 Å². The molecule has 2 N–H and O–H groups in total. The molecule has 1 unspecified atom stereocenters. The van der Waals surface area contributed by atoms with E-state index in [1.807, 2.05) is 13.0 Å². The minimum Gasteiger partial charge on any atom is -0.495 e. The van der Waals surface area contributed by atoms with Gasteiger partial charge in [0, 0.05) is 22.7 Å². The quantitative estimate of drug-likeness (QED) is 0.895. The number of aryl methyl sites for hydroxylation is 1. The van der Waals surface area contributed by atoms with Crippen molar-refractivity contribution in [3.8, 4) is 5.75 Å². The van der Waals surface area contributed by atoms with Crippen LogP contribution in [0.25, 0.3) is 0 Å². The smallest absolute Gasteiger partial charge is 0.242 e. The summed E-state index contributed by atoms with van der Waals surface area (Å²) in [5.74, 6) is 2.14. The molecule has 2 rings (SSSR count). The van der Waals surface area contributed by atoms with E-state index in [0.29, 0.717) is 16.5 Å². The molecule has 0 saturated carbocycles. The molecule has 1 aromatic rings. The van der Waals surface area contributed by atoms with Gasteiger partial charge in [0.1, 0.15) is 5.75 Å². The number of methoxy groups -OCH3 is 1. The number of thioether (sulfide) groups is 1. The molecule has 1 aliphatic rings. The third-order valence-corrected chi connectivity index (χ3v) is 4.12. The topological polar surface area (TPSA) is 50.4 Å². The van der Waals surface area contributed by atoms with Crippen molar-refractivity contribution in [1.82, 2.24) is 5.32 Å². The van der Waals surface area contributed by atoms with Gasteiger partial charge in [-0.3, -0.25) is 10.1 Å². The third kappa shape index (κ3) is 2.91. The van der Waals surface area contributed by atoms with Crippen LogP contribution >= 0.6 is 23.4 Å². The van der Waals surface area contributed by atoms with Crippen molar-refractivity contribution in [1.29, 1.82) is 0 Å². The molecule has 0 radical (unpaired) electrons. The van der Waals surface area contributed by atoms with Crippen LogP contribution in [0.15, 0.2) is 12.1 Å². The van der Waals surface area contributed by atoms with E-state index < -0.39 is 0 Å². The average Bonchev–Trinajstić information content (AvgIpc) is 2.87. The number of benzene rings is 1. The highest BCUT2D eigenvalue weighted by Crippen LogP contribution is 2.31. The Labute approximate surface area is 115 Å². The van der Waals surface area contributed by atoms with E-state index in [1.54, 1.807) is 24.9 Å². The molecule has 1 fully saturated rings. The minimum atomic E-state index is -0.143. The lowest BCUT2D eigenvalue weighted by Gasteiger charge is -2.14. The first-order valence-electron chi connectivity index (χ1n) is 5.58. The number of rotatable bonds is 3. The summed E-state index contributed by atoms with van der Waals surface area (Å²) in [6, 6.07) is 3.39. The number of amides is 1. The summed E-state index contributed by atoms with van der Waals surface area (Å²) in [4.78, 5) is 12.0. The maximum Gasteiger partial charge on any atom is 0.242 e. The first-order valence-corrected chi connectivity index (χ1v) is 7.11. The highest BCUT2D eigenvalue weighted by molar-refractivity contribution is 7.99. The van der Waals surface area contributed by atoms with Gasteiger partial charge in [0.05, 0.1) is 18.8 Å². The molecule has 0 aliphatic carbocycles. The predicted molar refractivity (Wildman–Crippen MR) is 75.6 cm³/mol. The molecule has 98 valence electrons. The van der Waals surface area contributed by atoms with E-state index in [-0.39, 0.29) is 11.9 Å². The Balaban J connectivity index is 2.17. The number of nitrogens with one attached hydrogen (secondary N) is 2. The minimum absolute atomic E-state index is 0.0416.